The van der Waals surface area contributed by atoms with Gasteiger partial charge in [-0.15, -0.1) is 0 Å². The van der Waals surface area contributed by atoms with E-state index in [0.717, 1.165) is 17.5 Å². The highest BCUT2D eigenvalue weighted by Crippen LogP contribution is 2.17. The van der Waals surface area contributed by atoms with Crippen LogP contribution < -0.4 is 4.74 Å². The van der Waals surface area contributed by atoms with Crippen LogP contribution in [0.1, 0.15) is 52.0 Å². The maximum absolute atomic E-state index is 10.8. The zero-order valence-corrected chi connectivity index (χ0v) is 29.9. The van der Waals surface area contributed by atoms with Gasteiger partial charge < -0.3 is 25.3 Å². The highest BCUT2D eigenvalue weighted by molar-refractivity contribution is 6.09. The van der Waals surface area contributed by atoms with E-state index in [1.807, 2.05) is 36.4 Å². The summed E-state index contributed by atoms with van der Waals surface area (Å²) in [5.41, 5.74) is 24.1. The summed E-state index contributed by atoms with van der Waals surface area (Å²) in [5.74, 6) is 1.21. The minimum absolute atomic E-state index is 0.00682. The zero-order valence-electron chi connectivity index (χ0n) is 29.9. The highest BCUT2D eigenvalue weighted by atomic mass is 16.6. The molecule has 0 saturated heterocycles. The molecule has 0 atom stereocenters. The van der Waals surface area contributed by atoms with Crippen LogP contribution in [0.2, 0.25) is 0 Å². The summed E-state index contributed by atoms with van der Waals surface area (Å²) in [5, 5.41) is 21.4. The lowest BCUT2D eigenvalue weighted by molar-refractivity contribution is -0.385. The van der Waals surface area contributed by atoms with Crippen molar-refractivity contribution in [3.8, 4) is 6.01 Å². The SMILES string of the molecule is CCc1ccc(C(=[N+]=[N-])c2ccc([N+](=O)[O-])cc2)cc1.Cc1nc(C)nc(OCCOCCOCc2ccc(C(=[N+]=[N-])c3ccc([N+](=O)[O-])cc3)cc2)n1. The van der Waals surface area contributed by atoms with Crippen molar-refractivity contribution in [3.05, 3.63) is 173 Å². The van der Waals surface area contributed by atoms with Gasteiger partial charge in [-0.05, 0) is 79.9 Å². The third-order valence-electron chi connectivity index (χ3n) is 7.70. The van der Waals surface area contributed by atoms with Crippen LogP contribution in [0, 0.1) is 34.1 Å². The lowest BCUT2D eigenvalue weighted by Gasteiger charge is -2.08. The quantitative estimate of drug-likeness (QED) is 0.0275. The smallest absolute Gasteiger partial charge is 0.329 e. The van der Waals surface area contributed by atoms with Gasteiger partial charge in [0.05, 0.1) is 58.5 Å². The van der Waals surface area contributed by atoms with Crippen LogP contribution in [0.15, 0.2) is 97.1 Å². The average molecular weight is 732 g/mol. The number of benzene rings is 4. The molecule has 0 amide bonds. The Morgan fingerprint density at radius 2 is 0.981 bits per heavy atom. The minimum Gasteiger partial charge on any atom is -0.461 e. The predicted octanol–water partition coefficient (Wildman–Crippen LogP) is 6.30. The highest BCUT2D eigenvalue weighted by Gasteiger charge is 2.18. The van der Waals surface area contributed by atoms with Crippen molar-refractivity contribution in [1.29, 1.82) is 0 Å². The molecule has 0 bridgehead atoms. The number of nitro groups is 2. The van der Waals surface area contributed by atoms with Gasteiger partial charge in [-0.25, -0.2) is 4.98 Å². The number of hydrogen-bond acceptors (Lipinski definition) is 10. The number of aromatic nitrogens is 3. The first-order valence-electron chi connectivity index (χ1n) is 16.7. The summed E-state index contributed by atoms with van der Waals surface area (Å²) in [6, 6.07) is 27.0. The van der Waals surface area contributed by atoms with Crippen LogP contribution >= 0.6 is 0 Å². The normalized spacial score (nSPS) is 10.3. The molecule has 16 heteroatoms. The first-order valence-corrected chi connectivity index (χ1v) is 16.7. The number of rotatable bonds is 16. The molecule has 0 aliphatic carbocycles. The summed E-state index contributed by atoms with van der Waals surface area (Å²) in [7, 11) is 0. The lowest BCUT2D eigenvalue weighted by atomic mass is 10.0. The monoisotopic (exact) mass is 731 g/mol. The van der Waals surface area contributed by atoms with Gasteiger partial charge in [0, 0.05) is 24.3 Å². The molecule has 5 rings (SSSR count). The van der Waals surface area contributed by atoms with Crippen LogP contribution in [0.4, 0.5) is 11.4 Å². The molecule has 1 aromatic heterocycles. The minimum atomic E-state index is -0.480. The Morgan fingerprint density at radius 3 is 1.39 bits per heavy atom. The predicted molar refractivity (Wildman–Crippen MR) is 197 cm³/mol. The van der Waals surface area contributed by atoms with Crippen molar-refractivity contribution in [2.24, 2.45) is 0 Å². The molecule has 0 radical (unpaired) electrons. The van der Waals surface area contributed by atoms with E-state index in [0.29, 0.717) is 72.8 Å². The van der Waals surface area contributed by atoms with Gasteiger partial charge in [0.1, 0.15) is 18.3 Å². The molecule has 0 fully saturated rings. The molecular formula is C38H37N9O7. The standard InChI is InChI=1S/C23H24N6O5.C15H13N3O2/c1-16-25-17(2)27-23(26-16)34-14-13-32-11-12-33-15-18-3-5-19(6-4-18)22(28-24)20-7-9-21(10-8-20)29(30)31;1-2-11-3-5-12(6-4-11)15(17-16)13-7-9-14(10-8-13)18(19)20/h3-10H,11-15H2,1-2H3;3-10H,2H2,1H3. The van der Waals surface area contributed by atoms with Crippen molar-refractivity contribution in [1.82, 2.24) is 15.0 Å². The maximum Gasteiger partial charge on any atom is 0.329 e. The fourth-order valence-corrected chi connectivity index (χ4v) is 4.96. The van der Waals surface area contributed by atoms with E-state index in [2.05, 4.69) is 31.5 Å². The summed E-state index contributed by atoms with van der Waals surface area (Å²) < 4.78 is 16.6. The van der Waals surface area contributed by atoms with Gasteiger partial charge in [0.2, 0.25) is 0 Å². The Kier molecular flexibility index (Phi) is 15.0. The van der Waals surface area contributed by atoms with Gasteiger partial charge in [-0.1, -0.05) is 31.2 Å². The fourth-order valence-electron chi connectivity index (χ4n) is 4.96. The molecule has 0 aliphatic rings. The average Bonchev–Trinajstić information content (AvgIpc) is 3.17. The second kappa shape index (κ2) is 20.3. The van der Waals surface area contributed by atoms with E-state index < -0.39 is 9.85 Å². The molecule has 54 heavy (non-hydrogen) atoms. The first kappa shape index (κ1) is 39.9. The number of nitro benzene ring substituents is 2. The van der Waals surface area contributed by atoms with E-state index in [1.165, 1.54) is 29.8 Å². The summed E-state index contributed by atoms with van der Waals surface area (Å²) in [6.45, 7) is 7.55. The van der Waals surface area contributed by atoms with Crippen molar-refractivity contribution in [2.75, 3.05) is 26.4 Å². The third-order valence-corrected chi connectivity index (χ3v) is 7.70. The first-order chi connectivity index (χ1) is 26.1. The molecule has 276 valence electrons. The summed E-state index contributed by atoms with van der Waals surface area (Å²) >= 11 is 0. The van der Waals surface area contributed by atoms with Crippen LogP contribution in [0.5, 0.6) is 6.01 Å². The van der Waals surface area contributed by atoms with Gasteiger partial charge in [0.25, 0.3) is 11.4 Å². The van der Waals surface area contributed by atoms with Crippen LogP contribution in [-0.2, 0) is 22.5 Å². The molecule has 0 saturated carbocycles. The van der Waals surface area contributed by atoms with Gasteiger partial charge in [0.15, 0.2) is 0 Å². The summed E-state index contributed by atoms with van der Waals surface area (Å²) in [6.07, 6.45) is 0.934. The second-order valence-electron chi connectivity index (χ2n) is 11.5. The van der Waals surface area contributed by atoms with Crippen LogP contribution in [-0.4, -0.2) is 72.2 Å². The number of aryl methyl sites for hydroxylation is 3. The van der Waals surface area contributed by atoms with E-state index in [1.54, 1.807) is 50.2 Å². The second-order valence-corrected chi connectivity index (χ2v) is 11.5. The summed E-state index contributed by atoms with van der Waals surface area (Å²) in [4.78, 5) is 39.4. The van der Waals surface area contributed by atoms with Crippen molar-refractivity contribution in [2.45, 2.75) is 33.8 Å². The molecule has 5 aromatic rings. The molecular weight excluding hydrogens is 694 g/mol. The molecule has 16 nitrogen and oxygen atoms in total. The van der Waals surface area contributed by atoms with Gasteiger partial charge in [-0.2, -0.15) is 19.5 Å². The third kappa shape index (κ3) is 11.9. The maximum atomic E-state index is 10.8. The lowest BCUT2D eigenvalue weighted by Crippen LogP contribution is -2.12. The van der Waals surface area contributed by atoms with Crippen molar-refractivity contribution < 1.29 is 33.6 Å². The molecule has 4 aromatic carbocycles. The number of ether oxygens (including phenoxy) is 3. The van der Waals surface area contributed by atoms with E-state index in [4.69, 9.17) is 14.2 Å². The van der Waals surface area contributed by atoms with E-state index in [9.17, 15) is 31.3 Å². The van der Waals surface area contributed by atoms with Crippen molar-refractivity contribution in [3.63, 3.8) is 0 Å². The van der Waals surface area contributed by atoms with Crippen LogP contribution in [0.3, 0.4) is 0 Å². The Morgan fingerprint density at radius 1 is 0.593 bits per heavy atom. The Labute approximate surface area is 310 Å². The molecule has 1 heterocycles. The van der Waals surface area contributed by atoms with E-state index >= 15 is 0 Å². The topological polar surface area (TPSA) is 225 Å². The molecule has 0 N–H and O–H groups in total. The Bertz CT molecular complexity index is 2110. The van der Waals surface area contributed by atoms with E-state index in [-0.39, 0.29) is 17.4 Å². The van der Waals surface area contributed by atoms with Crippen molar-refractivity contribution >= 4 is 22.8 Å². The number of non-ortho nitro benzene ring substituents is 2. The zero-order chi connectivity index (χ0) is 38.9. The largest absolute Gasteiger partial charge is 0.461 e. The van der Waals surface area contributed by atoms with Gasteiger partial charge in [-0.3, -0.25) is 20.2 Å². The van der Waals surface area contributed by atoms with Crippen LogP contribution in [0.25, 0.3) is 11.1 Å². The Hall–Kier alpha value is -6.83. The fraction of sp³-hybridized carbons (Fsp3) is 0.237. The molecule has 0 spiro atoms. The Balaban J connectivity index is 0.000000276. The number of hydrogen-bond donors (Lipinski definition) is 0. The molecule has 0 aliphatic heterocycles. The molecule has 0 unspecified atom stereocenters. The number of nitrogens with zero attached hydrogens (tertiary/aromatic N) is 9. The van der Waals surface area contributed by atoms with Gasteiger partial charge >= 0.3 is 17.4 Å².